The van der Waals surface area contributed by atoms with Gasteiger partial charge in [-0.15, -0.1) is 12.4 Å². The molecule has 13 nitrogen and oxygen atoms in total. The first-order valence-electron chi connectivity index (χ1n) is 23.5. The second-order valence-corrected chi connectivity index (χ2v) is 25.0. The van der Waals surface area contributed by atoms with Gasteiger partial charge in [-0.3, -0.25) is 0 Å². The summed E-state index contributed by atoms with van der Waals surface area (Å²) < 4.78 is 82.1. The molecule has 0 spiro atoms. The number of hydrogen-bond donors (Lipinski definition) is 5. The Balaban J connectivity index is -0.000000275. The van der Waals surface area contributed by atoms with Crippen LogP contribution in [0.1, 0.15) is 143 Å². The van der Waals surface area contributed by atoms with Gasteiger partial charge >= 0.3 is 0 Å². The third-order valence-electron chi connectivity index (χ3n) is 11.0. The molecule has 0 aliphatic carbocycles. The summed E-state index contributed by atoms with van der Waals surface area (Å²) in [5.41, 5.74) is 16.5. The van der Waals surface area contributed by atoms with E-state index in [4.69, 9.17) is 36.3 Å². The van der Waals surface area contributed by atoms with E-state index in [0.717, 1.165) is 31.2 Å². The van der Waals surface area contributed by atoms with Gasteiger partial charge in [-0.05, 0) is 102 Å². The zero-order valence-electron chi connectivity index (χ0n) is 42.7. The molecule has 0 aliphatic heterocycles. The first-order valence-corrected chi connectivity index (χ1v) is 30.0. The smallest absolute Gasteiger partial charge is 0.178 e. The Kier molecular flexibility index (Phi) is 46.1. The summed E-state index contributed by atoms with van der Waals surface area (Å²) >= 11 is 6.67. The van der Waals surface area contributed by atoms with Gasteiger partial charge in [0.2, 0.25) is 0 Å². The van der Waals surface area contributed by atoms with Gasteiger partial charge in [0.1, 0.15) is 0 Å². The van der Waals surface area contributed by atoms with Gasteiger partial charge in [-0.1, -0.05) is 164 Å². The molecular formula is C57H93Br2ClN2O11S3. The fourth-order valence-electron chi connectivity index (χ4n) is 5.98. The van der Waals surface area contributed by atoms with Crippen molar-refractivity contribution in [1.29, 1.82) is 0 Å². The molecule has 0 saturated carbocycles. The fraction of sp³-hybridized carbons (Fsp3) is 0.474. The van der Waals surface area contributed by atoms with Crippen LogP contribution >= 0.6 is 44.3 Å². The van der Waals surface area contributed by atoms with Crippen LogP contribution in [0.2, 0.25) is 0 Å². The highest BCUT2D eigenvalue weighted by Crippen LogP contribution is 2.22. The summed E-state index contributed by atoms with van der Waals surface area (Å²) in [7, 11) is -9.33. The number of aliphatic hydroxyl groups excluding tert-OH is 3. The van der Waals surface area contributed by atoms with Gasteiger partial charge in [0.05, 0.1) is 63.8 Å². The maximum atomic E-state index is 11.6. The monoisotopic (exact) mass is 1270 g/mol. The van der Waals surface area contributed by atoms with Gasteiger partial charge < -0.3 is 36.3 Å². The SMILES string of the molecule is C.C.C.C.CCOC[C@H](C)c1ccc(S(=O)(=O)CC)cc1.CCOC[C@H](N)c1ccc(S(=O)(=O)CC)cc1.CCS(=O)(=O)c1ccc([C@@H](C)CO)cc1.C[C@@H](CO)c1ccc(Br)cc1.Cl.N[C@@H](CO)c1ccc(Br)cc1. The zero-order chi connectivity index (χ0) is 53.8. The molecule has 5 aromatic rings. The van der Waals surface area contributed by atoms with Gasteiger partial charge in [0, 0.05) is 53.1 Å². The molecule has 0 saturated heterocycles. The normalized spacial score (nSPS) is 12.6. The van der Waals surface area contributed by atoms with Crippen LogP contribution in [0.4, 0.5) is 0 Å². The van der Waals surface area contributed by atoms with Crippen LogP contribution in [0.25, 0.3) is 0 Å². The number of benzene rings is 5. The number of sulfone groups is 3. The standard InChI is InChI=1S/C13H20O3S.C12H19NO3S.C11H16O3S.C9H11BrO.C8H10BrNO.4CH4.ClH/c1-4-16-10-11(3)12-6-8-13(9-7-12)17(14,15)5-2;1-3-16-9-12(13)10-5-7-11(8-6-10)17(14,15)4-2;1-3-15(13,14)11-6-4-10(5-7-11)9(2)8-12;1-7(6-11)8-2-4-9(10)5-3-8;9-7-3-1-6(2-4-7)8(10)5-11;;;;;/h6-9,11H,4-5,10H2,1-3H3;5-8,12H,3-4,9,13H2,1-2H3;4-7,9,12H,3,8H2,1-2H3;2-5,7,11H,6H2,1H3;1-4,8,11H,5,10H2;4*1H4;1H/t11-;12-;9-;7-;8-;;;;;/m00000...../s1. The molecule has 0 bridgehead atoms. The predicted octanol–water partition coefficient (Wildman–Crippen LogP) is 12.7. The predicted molar refractivity (Wildman–Crippen MR) is 328 cm³/mol. The lowest BCUT2D eigenvalue weighted by atomic mass is 10.0. The lowest BCUT2D eigenvalue weighted by Crippen LogP contribution is -2.17. The molecule has 0 radical (unpaired) electrons. The van der Waals surface area contributed by atoms with E-state index in [1.165, 1.54) is 5.56 Å². The summed E-state index contributed by atoms with van der Waals surface area (Å²) in [5.74, 6) is 0.930. The van der Waals surface area contributed by atoms with Gasteiger partial charge in [-0.2, -0.15) is 0 Å². The minimum absolute atomic E-state index is 0. The highest BCUT2D eigenvalue weighted by molar-refractivity contribution is 9.10. The molecular weight excluding hydrogens is 1180 g/mol. The molecule has 76 heavy (non-hydrogen) atoms. The summed E-state index contributed by atoms with van der Waals surface area (Å²) in [6.07, 6.45) is 0. The topological polar surface area (TPSA) is 234 Å². The average molecular weight is 1270 g/mol. The van der Waals surface area contributed by atoms with Crippen LogP contribution in [0.3, 0.4) is 0 Å². The number of aliphatic hydroxyl groups is 3. The summed E-state index contributed by atoms with van der Waals surface area (Å²) in [4.78, 5) is 1.08. The Morgan fingerprint density at radius 3 is 0.934 bits per heavy atom. The molecule has 5 rings (SSSR count). The Morgan fingerprint density at radius 1 is 0.408 bits per heavy atom. The van der Waals surface area contributed by atoms with Crippen molar-refractivity contribution in [3.05, 3.63) is 158 Å². The van der Waals surface area contributed by atoms with Crippen molar-refractivity contribution in [1.82, 2.24) is 0 Å². The molecule has 436 valence electrons. The summed E-state index contributed by atoms with van der Waals surface area (Å²) in [6.45, 7) is 17.4. The maximum Gasteiger partial charge on any atom is 0.178 e. The molecule has 19 heteroatoms. The van der Waals surface area contributed by atoms with Crippen molar-refractivity contribution in [3.63, 3.8) is 0 Å². The lowest BCUT2D eigenvalue weighted by Gasteiger charge is -2.12. The third-order valence-corrected chi connectivity index (χ3v) is 17.3. The van der Waals surface area contributed by atoms with Crippen LogP contribution in [0.5, 0.6) is 0 Å². The van der Waals surface area contributed by atoms with E-state index in [1.807, 2.05) is 88.4 Å². The molecule has 5 aromatic carbocycles. The third kappa shape index (κ3) is 29.8. The van der Waals surface area contributed by atoms with E-state index in [0.29, 0.717) is 41.1 Å². The second kappa shape index (κ2) is 42.8. The van der Waals surface area contributed by atoms with E-state index < -0.39 is 29.5 Å². The van der Waals surface area contributed by atoms with Crippen molar-refractivity contribution in [2.45, 2.75) is 130 Å². The van der Waals surface area contributed by atoms with Crippen LogP contribution in [0.15, 0.2) is 145 Å². The summed E-state index contributed by atoms with van der Waals surface area (Å²) in [6, 6.07) is 35.6. The van der Waals surface area contributed by atoms with Crippen molar-refractivity contribution >= 4 is 73.8 Å². The van der Waals surface area contributed by atoms with Gasteiger partial charge in [-0.25, -0.2) is 25.3 Å². The van der Waals surface area contributed by atoms with Gasteiger partial charge in [0.15, 0.2) is 29.5 Å². The number of halogens is 3. The first kappa shape index (κ1) is 81.8. The minimum atomic E-state index is -3.13. The average Bonchev–Trinajstić information content (AvgIpc) is 3.40. The number of rotatable bonds is 20. The lowest BCUT2D eigenvalue weighted by molar-refractivity contribution is 0.133. The van der Waals surface area contributed by atoms with E-state index >= 15 is 0 Å². The Bertz CT molecular complexity index is 2420. The van der Waals surface area contributed by atoms with Crippen molar-refractivity contribution in [2.24, 2.45) is 11.5 Å². The molecule has 0 aromatic heterocycles. The molecule has 0 aliphatic rings. The van der Waals surface area contributed by atoms with Crippen LogP contribution in [-0.2, 0) is 39.0 Å². The molecule has 7 N–H and O–H groups in total. The molecule has 5 atom stereocenters. The molecule has 0 heterocycles. The Labute approximate surface area is 483 Å². The van der Waals surface area contributed by atoms with Crippen LogP contribution in [-0.4, -0.2) is 104 Å². The number of ether oxygens (including phenoxy) is 2. The second-order valence-electron chi connectivity index (χ2n) is 16.3. The Morgan fingerprint density at radius 2 is 0.658 bits per heavy atom. The number of hydrogen-bond acceptors (Lipinski definition) is 13. The quantitative estimate of drug-likeness (QED) is 0.0488. The highest BCUT2D eigenvalue weighted by Gasteiger charge is 2.15. The van der Waals surface area contributed by atoms with E-state index in [2.05, 4.69) is 38.8 Å². The largest absolute Gasteiger partial charge is 0.396 e. The van der Waals surface area contributed by atoms with Crippen LogP contribution in [0, 0.1) is 0 Å². The maximum absolute atomic E-state index is 11.6. The highest BCUT2D eigenvalue weighted by atomic mass is 79.9. The Hall–Kier alpha value is -3.08. The first-order chi connectivity index (χ1) is 33.5. The molecule has 0 fully saturated rings. The van der Waals surface area contributed by atoms with Gasteiger partial charge in [0.25, 0.3) is 0 Å². The van der Waals surface area contributed by atoms with Crippen molar-refractivity contribution in [2.75, 3.05) is 63.5 Å². The molecule has 0 unspecified atom stereocenters. The zero-order valence-corrected chi connectivity index (χ0v) is 49.1. The minimum Gasteiger partial charge on any atom is -0.396 e. The summed E-state index contributed by atoms with van der Waals surface area (Å²) in [5, 5.41) is 26.5. The van der Waals surface area contributed by atoms with Crippen molar-refractivity contribution < 1.29 is 50.0 Å². The van der Waals surface area contributed by atoms with Crippen LogP contribution < -0.4 is 11.5 Å². The van der Waals surface area contributed by atoms with E-state index in [1.54, 1.807) is 81.4 Å². The van der Waals surface area contributed by atoms with E-state index in [-0.39, 0.29) is 109 Å². The van der Waals surface area contributed by atoms with Crippen molar-refractivity contribution in [3.8, 4) is 0 Å². The fourth-order valence-corrected chi connectivity index (χ4v) is 9.16. The molecule has 0 amide bonds. The van der Waals surface area contributed by atoms with E-state index in [9.17, 15) is 25.3 Å². The number of nitrogens with two attached hydrogens (primary N) is 2.